The highest BCUT2D eigenvalue weighted by molar-refractivity contribution is 5.77. The van der Waals surface area contributed by atoms with Gasteiger partial charge >= 0.3 is 0 Å². The molecule has 1 aliphatic carbocycles. The van der Waals surface area contributed by atoms with E-state index in [1.54, 1.807) is 5.57 Å². The zero-order valence-corrected chi connectivity index (χ0v) is 10.6. The van der Waals surface area contributed by atoms with E-state index in [0.29, 0.717) is 11.9 Å². The summed E-state index contributed by atoms with van der Waals surface area (Å²) in [6.45, 7) is 6.01. The molecule has 0 spiro atoms. The second-order valence-corrected chi connectivity index (χ2v) is 4.90. The van der Waals surface area contributed by atoms with Crippen molar-refractivity contribution in [3.8, 4) is 0 Å². The van der Waals surface area contributed by atoms with Crippen LogP contribution in [0.1, 0.15) is 46.0 Å². The van der Waals surface area contributed by atoms with Crippen LogP contribution in [0.5, 0.6) is 0 Å². The van der Waals surface area contributed by atoms with Crippen LogP contribution >= 0.6 is 0 Å². The Morgan fingerprint density at radius 1 is 1.50 bits per heavy atom. The highest BCUT2D eigenvalue weighted by Crippen LogP contribution is 2.19. The van der Waals surface area contributed by atoms with E-state index in [1.165, 1.54) is 25.7 Å². The number of nitrogens with two attached hydrogens (primary N) is 1. The number of hydrogen-bond acceptors (Lipinski definition) is 1. The molecule has 0 amide bonds. The number of nitrogens with one attached hydrogen (secondary N) is 1. The van der Waals surface area contributed by atoms with Gasteiger partial charge in [0, 0.05) is 13.1 Å². The molecular formula is C13H25N3. The molecule has 3 N–H and O–H groups in total. The van der Waals surface area contributed by atoms with E-state index in [-0.39, 0.29) is 0 Å². The molecule has 0 atom stereocenters. The molecule has 1 rings (SSSR count). The van der Waals surface area contributed by atoms with Gasteiger partial charge in [-0.1, -0.05) is 25.5 Å². The normalized spacial score (nSPS) is 17.4. The number of hydrogen-bond donors (Lipinski definition) is 2. The van der Waals surface area contributed by atoms with Gasteiger partial charge in [0.2, 0.25) is 0 Å². The molecule has 0 saturated carbocycles. The van der Waals surface area contributed by atoms with Gasteiger partial charge in [-0.2, -0.15) is 0 Å². The van der Waals surface area contributed by atoms with Gasteiger partial charge in [0.1, 0.15) is 0 Å². The molecule has 0 unspecified atom stereocenters. The average molecular weight is 223 g/mol. The van der Waals surface area contributed by atoms with Gasteiger partial charge in [-0.25, -0.2) is 0 Å². The maximum atomic E-state index is 5.76. The Morgan fingerprint density at radius 2 is 2.31 bits per heavy atom. The van der Waals surface area contributed by atoms with Gasteiger partial charge in [-0.3, -0.25) is 4.99 Å². The predicted molar refractivity (Wildman–Crippen MR) is 70.5 cm³/mol. The van der Waals surface area contributed by atoms with E-state index in [2.05, 4.69) is 30.2 Å². The molecule has 0 saturated heterocycles. The third-order valence-electron chi connectivity index (χ3n) is 2.76. The topological polar surface area (TPSA) is 50.4 Å². The van der Waals surface area contributed by atoms with Crippen LogP contribution in [0, 0.1) is 5.92 Å². The van der Waals surface area contributed by atoms with Crippen LogP contribution in [0.2, 0.25) is 0 Å². The first-order valence-electron chi connectivity index (χ1n) is 6.40. The van der Waals surface area contributed by atoms with Gasteiger partial charge < -0.3 is 11.1 Å². The summed E-state index contributed by atoms with van der Waals surface area (Å²) in [6.07, 6.45) is 8.72. The fourth-order valence-corrected chi connectivity index (χ4v) is 1.82. The molecule has 0 aromatic carbocycles. The van der Waals surface area contributed by atoms with Crippen LogP contribution in [0.3, 0.4) is 0 Å². The maximum Gasteiger partial charge on any atom is 0.188 e. The van der Waals surface area contributed by atoms with Crippen LogP contribution in [-0.2, 0) is 0 Å². The first-order valence-corrected chi connectivity index (χ1v) is 6.40. The third-order valence-corrected chi connectivity index (χ3v) is 2.76. The van der Waals surface area contributed by atoms with Gasteiger partial charge in [-0.05, 0) is 38.0 Å². The van der Waals surface area contributed by atoms with Gasteiger partial charge in [0.15, 0.2) is 5.96 Å². The summed E-state index contributed by atoms with van der Waals surface area (Å²) in [7, 11) is 0. The van der Waals surface area contributed by atoms with E-state index in [9.17, 15) is 0 Å². The Kier molecular flexibility index (Phi) is 5.98. The molecule has 16 heavy (non-hydrogen) atoms. The van der Waals surface area contributed by atoms with Crippen molar-refractivity contribution in [2.45, 2.75) is 46.0 Å². The van der Waals surface area contributed by atoms with Crippen molar-refractivity contribution >= 4 is 5.96 Å². The van der Waals surface area contributed by atoms with E-state index in [4.69, 9.17) is 5.73 Å². The van der Waals surface area contributed by atoms with Crippen LogP contribution in [0.25, 0.3) is 0 Å². The number of nitrogens with zero attached hydrogens (tertiary/aromatic N) is 1. The summed E-state index contributed by atoms with van der Waals surface area (Å²) in [5.74, 6) is 1.16. The maximum absolute atomic E-state index is 5.76. The molecule has 92 valence electrons. The summed E-state index contributed by atoms with van der Waals surface area (Å²) in [4.78, 5) is 4.27. The molecule has 0 aromatic rings. The first-order chi connectivity index (χ1) is 7.68. The molecule has 0 radical (unpaired) electrons. The van der Waals surface area contributed by atoms with Crippen molar-refractivity contribution in [2.75, 3.05) is 13.1 Å². The smallest absolute Gasteiger partial charge is 0.188 e. The lowest BCUT2D eigenvalue weighted by molar-refractivity contribution is 0.655. The van der Waals surface area contributed by atoms with Crippen molar-refractivity contribution in [1.82, 2.24) is 5.32 Å². The van der Waals surface area contributed by atoms with E-state index < -0.39 is 0 Å². The number of rotatable bonds is 5. The highest BCUT2D eigenvalue weighted by atomic mass is 15.1. The van der Waals surface area contributed by atoms with Crippen LogP contribution in [-0.4, -0.2) is 19.0 Å². The number of guanidine groups is 1. The lowest BCUT2D eigenvalue weighted by Gasteiger charge is -2.13. The lowest BCUT2D eigenvalue weighted by Crippen LogP contribution is -2.33. The van der Waals surface area contributed by atoms with Crippen molar-refractivity contribution in [2.24, 2.45) is 16.6 Å². The molecule has 0 aliphatic heterocycles. The van der Waals surface area contributed by atoms with Crippen molar-refractivity contribution in [3.63, 3.8) is 0 Å². The van der Waals surface area contributed by atoms with Crippen LogP contribution in [0.4, 0.5) is 0 Å². The van der Waals surface area contributed by atoms with Crippen LogP contribution < -0.4 is 11.1 Å². The van der Waals surface area contributed by atoms with Crippen molar-refractivity contribution in [3.05, 3.63) is 11.6 Å². The number of allylic oxidation sites excluding steroid dienone is 1. The number of aliphatic imine (C=N–C) groups is 1. The second-order valence-electron chi connectivity index (χ2n) is 4.90. The minimum absolute atomic E-state index is 0.571. The Labute approximate surface area is 99.2 Å². The fourth-order valence-electron chi connectivity index (χ4n) is 1.82. The van der Waals surface area contributed by atoms with Crippen molar-refractivity contribution in [1.29, 1.82) is 0 Å². The third kappa shape index (κ3) is 5.79. The van der Waals surface area contributed by atoms with Gasteiger partial charge in [-0.15, -0.1) is 0 Å². The molecule has 3 nitrogen and oxygen atoms in total. The SMILES string of the molecule is CC(C)CN=C(N)NCCC1=CCCCC1. The van der Waals surface area contributed by atoms with E-state index in [1.807, 2.05) is 0 Å². The minimum atomic E-state index is 0.571. The molecule has 1 aliphatic rings. The molecule has 3 heteroatoms. The van der Waals surface area contributed by atoms with Crippen LogP contribution in [0.15, 0.2) is 16.6 Å². The molecule has 0 fully saturated rings. The fraction of sp³-hybridized carbons (Fsp3) is 0.769. The Balaban J connectivity index is 2.14. The average Bonchev–Trinajstić information content (AvgIpc) is 2.28. The quantitative estimate of drug-likeness (QED) is 0.427. The van der Waals surface area contributed by atoms with Crippen molar-refractivity contribution < 1.29 is 0 Å². The summed E-state index contributed by atoms with van der Waals surface area (Å²) in [5, 5.41) is 3.17. The Bertz CT molecular complexity index is 254. The van der Waals surface area contributed by atoms with Gasteiger partial charge in [0.25, 0.3) is 0 Å². The monoisotopic (exact) mass is 223 g/mol. The first kappa shape index (κ1) is 13.1. The minimum Gasteiger partial charge on any atom is -0.370 e. The Hall–Kier alpha value is -0.990. The van der Waals surface area contributed by atoms with E-state index >= 15 is 0 Å². The largest absolute Gasteiger partial charge is 0.370 e. The summed E-state index contributed by atoms with van der Waals surface area (Å²) in [5.41, 5.74) is 7.34. The summed E-state index contributed by atoms with van der Waals surface area (Å²) < 4.78 is 0. The standard InChI is InChI=1S/C13H25N3/c1-11(2)10-16-13(14)15-9-8-12-6-4-3-5-7-12/h6,11H,3-5,7-10H2,1-2H3,(H3,14,15,16). The zero-order chi connectivity index (χ0) is 11.8. The zero-order valence-electron chi connectivity index (χ0n) is 10.6. The highest BCUT2D eigenvalue weighted by Gasteiger charge is 2.03. The summed E-state index contributed by atoms with van der Waals surface area (Å²) in [6, 6.07) is 0. The molecular weight excluding hydrogens is 198 g/mol. The predicted octanol–water partition coefficient (Wildman–Crippen LogP) is 2.44. The van der Waals surface area contributed by atoms with Gasteiger partial charge in [0.05, 0.1) is 0 Å². The van der Waals surface area contributed by atoms with E-state index in [0.717, 1.165) is 19.5 Å². The molecule has 0 heterocycles. The lowest BCUT2D eigenvalue weighted by atomic mass is 9.97. The summed E-state index contributed by atoms with van der Waals surface area (Å²) >= 11 is 0. The Morgan fingerprint density at radius 3 is 2.94 bits per heavy atom. The second kappa shape index (κ2) is 7.31. The molecule has 0 bridgehead atoms. The molecule has 0 aromatic heterocycles.